The molecular weight excluding hydrogens is 304 g/mol. The monoisotopic (exact) mass is 328 g/mol. The van der Waals surface area contributed by atoms with Crippen LogP contribution in [0.1, 0.15) is 12.0 Å². The van der Waals surface area contributed by atoms with Gasteiger partial charge < -0.3 is 20.1 Å². The van der Waals surface area contributed by atoms with Crippen LogP contribution in [0.5, 0.6) is 11.5 Å². The van der Waals surface area contributed by atoms with Gasteiger partial charge in [0.1, 0.15) is 11.5 Å². The van der Waals surface area contributed by atoms with Gasteiger partial charge in [0.15, 0.2) is 0 Å². The van der Waals surface area contributed by atoms with Crippen molar-refractivity contribution in [1.29, 1.82) is 0 Å². The van der Waals surface area contributed by atoms with E-state index in [1.54, 1.807) is 32.4 Å². The first-order valence-corrected chi connectivity index (χ1v) is 7.99. The lowest BCUT2D eigenvalue weighted by Crippen LogP contribution is -2.23. The minimum atomic E-state index is -0.0503. The minimum Gasteiger partial charge on any atom is -0.497 e. The fourth-order valence-corrected chi connectivity index (χ4v) is 2.32. The van der Waals surface area contributed by atoms with Crippen molar-refractivity contribution in [3.05, 3.63) is 54.1 Å². The normalized spacial score (nSPS) is 10.2. The third-order valence-corrected chi connectivity index (χ3v) is 3.64. The van der Waals surface area contributed by atoms with E-state index in [4.69, 9.17) is 9.47 Å². The van der Waals surface area contributed by atoms with Crippen molar-refractivity contribution in [1.82, 2.24) is 5.32 Å². The molecule has 0 aliphatic heterocycles. The summed E-state index contributed by atoms with van der Waals surface area (Å²) >= 11 is 0. The number of hydrogen-bond acceptors (Lipinski definition) is 4. The molecule has 0 bridgehead atoms. The number of hydrogen-bond donors (Lipinski definition) is 2. The van der Waals surface area contributed by atoms with Gasteiger partial charge in [0.2, 0.25) is 5.91 Å². The number of anilines is 1. The van der Waals surface area contributed by atoms with E-state index >= 15 is 0 Å². The van der Waals surface area contributed by atoms with Crippen molar-refractivity contribution in [3.8, 4) is 11.5 Å². The van der Waals surface area contributed by atoms with Crippen LogP contribution >= 0.6 is 0 Å². The predicted molar refractivity (Wildman–Crippen MR) is 95.8 cm³/mol. The molecule has 0 spiro atoms. The van der Waals surface area contributed by atoms with E-state index in [0.717, 1.165) is 13.0 Å². The van der Waals surface area contributed by atoms with Crippen molar-refractivity contribution in [2.75, 3.05) is 32.6 Å². The zero-order chi connectivity index (χ0) is 17.2. The topological polar surface area (TPSA) is 59.6 Å². The van der Waals surface area contributed by atoms with Crippen LogP contribution in [0.25, 0.3) is 0 Å². The highest BCUT2D eigenvalue weighted by Crippen LogP contribution is 2.28. The van der Waals surface area contributed by atoms with Crippen molar-refractivity contribution < 1.29 is 14.3 Å². The Bertz CT molecular complexity index is 644. The number of nitrogens with one attached hydrogen (secondary N) is 2. The lowest BCUT2D eigenvalue weighted by atomic mass is 10.1. The first-order valence-electron chi connectivity index (χ1n) is 7.99. The van der Waals surface area contributed by atoms with Crippen LogP contribution < -0.4 is 20.1 Å². The average Bonchev–Trinajstić information content (AvgIpc) is 2.62. The highest BCUT2D eigenvalue weighted by molar-refractivity contribution is 5.92. The Hall–Kier alpha value is -2.53. The Morgan fingerprint density at radius 1 is 1.00 bits per heavy atom. The number of benzene rings is 2. The molecule has 2 rings (SSSR count). The quantitative estimate of drug-likeness (QED) is 0.695. The van der Waals surface area contributed by atoms with Gasteiger partial charge in [-0.25, -0.2) is 0 Å². The molecule has 2 aromatic rings. The van der Waals surface area contributed by atoms with Crippen LogP contribution in [0.2, 0.25) is 0 Å². The number of carbonyl (C=O) groups is 1. The summed E-state index contributed by atoms with van der Waals surface area (Å²) in [6.45, 7) is 1.49. The van der Waals surface area contributed by atoms with E-state index in [0.29, 0.717) is 30.2 Å². The largest absolute Gasteiger partial charge is 0.497 e. The van der Waals surface area contributed by atoms with Crippen molar-refractivity contribution in [2.24, 2.45) is 0 Å². The Morgan fingerprint density at radius 3 is 2.50 bits per heavy atom. The van der Waals surface area contributed by atoms with Gasteiger partial charge in [0.25, 0.3) is 0 Å². The summed E-state index contributed by atoms with van der Waals surface area (Å²) < 4.78 is 10.4. The minimum absolute atomic E-state index is 0.0503. The van der Waals surface area contributed by atoms with Crippen LogP contribution in [-0.2, 0) is 11.2 Å². The van der Waals surface area contributed by atoms with E-state index in [9.17, 15) is 4.79 Å². The number of ether oxygens (including phenoxy) is 2. The summed E-state index contributed by atoms with van der Waals surface area (Å²) in [6.07, 6.45) is 1.36. The molecular formula is C19H24N2O3. The molecule has 0 unspecified atom stereocenters. The van der Waals surface area contributed by atoms with E-state index < -0.39 is 0 Å². The summed E-state index contributed by atoms with van der Waals surface area (Å²) in [5, 5.41) is 6.15. The first kappa shape index (κ1) is 17.8. The molecule has 0 saturated carbocycles. The zero-order valence-electron chi connectivity index (χ0n) is 14.2. The molecule has 0 heterocycles. The Morgan fingerprint density at radius 2 is 1.79 bits per heavy atom. The second-order valence-corrected chi connectivity index (χ2v) is 5.35. The summed E-state index contributed by atoms with van der Waals surface area (Å²) in [7, 11) is 3.16. The molecule has 0 saturated heterocycles. The second-order valence-electron chi connectivity index (χ2n) is 5.35. The summed E-state index contributed by atoms with van der Waals surface area (Å²) in [4.78, 5) is 12.0. The molecule has 1 amide bonds. The van der Waals surface area contributed by atoms with Gasteiger partial charge in [0.05, 0.1) is 19.9 Å². The molecule has 0 aliphatic rings. The first-order chi connectivity index (χ1) is 11.7. The van der Waals surface area contributed by atoms with Gasteiger partial charge in [0, 0.05) is 19.0 Å². The number of carbonyl (C=O) groups excluding carboxylic acids is 1. The van der Waals surface area contributed by atoms with Gasteiger partial charge in [-0.1, -0.05) is 30.3 Å². The van der Waals surface area contributed by atoms with Gasteiger partial charge in [-0.05, 0) is 30.7 Å². The van der Waals surface area contributed by atoms with E-state index in [2.05, 4.69) is 22.8 Å². The van der Waals surface area contributed by atoms with Crippen LogP contribution in [0.4, 0.5) is 5.69 Å². The van der Waals surface area contributed by atoms with Crippen LogP contribution in [0, 0.1) is 0 Å². The maximum Gasteiger partial charge on any atom is 0.225 e. The molecule has 128 valence electrons. The molecule has 5 heteroatoms. The van der Waals surface area contributed by atoms with Gasteiger partial charge >= 0.3 is 0 Å². The van der Waals surface area contributed by atoms with Gasteiger partial charge in [-0.2, -0.15) is 0 Å². The number of amides is 1. The Balaban J connectivity index is 1.71. The SMILES string of the molecule is COc1ccc(NC(=O)CCNCCc2ccccc2)c(OC)c1. The Kier molecular flexibility index (Phi) is 7.11. The van der Waals surface area contributed by atoms with Crippen molar-refractivity contribution >= 4 is 11.6 Å². The molecule has 0 atom stereocenters. The molecule has 2 aromatic carbocycles. The lowest BCUT2D eigenvalue weighted by Gasteiger charge is -2.12. The van der Waals surface area contributed by atoms with Crippen LogP contribution in [-0.4, -0.2) is 33.2 Å². The maximum atomic E-state index is 12.0. The molecule has 0 fully saturated rings. The maximum absolute atomic E-state index is 12.0. The summed E-state index contributed by atoms with van der Waals surface area (Å²) in [6, 6.07) is 15.6. The zero-order valence-corrected chi connectivity index (χ0v) is 14.2. The highest BCUT2D eigenvalue weighted by atomic mass is 16.5. The molecule has 2 N–H and O–H groups in total. The van der Waals surface area contributed by atoms with Gasteiger partial charge in [-0.3, -0.25) is 4.79 Å². The third kappa shape index (κ3) is 5.59. The lowest BCUT2D eigenvalue weighted by molar-refractivity contribution is -0.116. The predicted octanol–water partition coefficient (Wildman–Crippen LogP) is 2.86. The standard InChI is InChI=1S/C19H24N2O3/c1-23-16-8-9-17(18(14-16)24-2)21-19(22)11-13-20-12-10-15-6-4-3-5-7-15/h3-9,14,20H,10-13H2,1-2H3,(H,21,22). The molecule has 24 heavy (non-hydrogen) atoms. The molecule has 0 aliphatic carbocycles. The van der Waals surface area contributed by atoms with Crippen molar-refractivity contribution in [2.45, 2.75) is 12.8 Å². The van der Waals surface area contributed by atoms with E-state index in [1.807, 2.05) is 18.2 Å². The smallest absolute Gasteiger partial charge is 0.225 e. The van der Waals surface area contributed by atoms with E-state index in [1.165, 1.54) is 5.56 Å². The summed E-state index contributed by atoms with van der Waals surface area (Å²) in [5.41, 5.74) is 1.94. The van der Waals surface area contributed by atoms with Crippen LogP contribution in [0.3, 0.4) is 0 Å². The fraction of sp³-hybridized carbons (Fsp3) is 0.316. The second kappa shape index (κ2) is 9.57. The van der Waals surface area contributed by atoms with E-state index in [-0.39, 0.29) is 5.91 Å². The molecule has 0 radical (unpaired) electrons. The van der Waals surface area contributed by atoms with Gasteiger partial charge in [-0.15, -0.1) is 0 Å². The fourth-order valence-electron chi connectivity index (χ4n) is 2.32. The van der Waals surface area contributed by atoms with Crippen molar-refractivity contribution in [3.63, 3.8) is 0 Å². The molecule has 0 aromatic heterocycles. The van der Waals surface area contributed by atoms with Crippen LogP contribution in [0.15, 0.2) is 48.5 Å². The third-order valence-electron chi connectivity index (χ3n) is 3.64. The average molecular weight is 328 g/mol. The highest BCUT2D eigenvalue weighted by Gasteiger charge is 2.08. The number of rotatable bonds is 9. The molecule has 5 nitrogen and oxygen atoms in total. The number of methoxy groups -OCH3 is 2. The Labute approximate surface area is 143 Å². The summed E-state index contributed by atoms with van der Waals surface area (Å²) in [5.74, 6) is 1.22.